The molecule has 29 heavy (non-hydrogen) atoms. The molecule has 0 bridgehead atoms. The van der Waals surface area contributed by atoms with Crippen LogP contribution < -0.4 is 20.5 Å². The molecule has 3 N–H and O–H groups in total. The molecule has 2 heterocycles. The molecule has 1 aliphatic rings. The van der Waals surface area contributed by atoms with Crippen LogP contribution in [0.15, 0.2) is 36.5 Å². The number of carbonyl (C=O) groups is 1. The van der Waals surface area contributed by atoms with Crippen LogP contribution in [-0.4, -0.2) is 48.6 Å². The summed E-state index contributed by atoms with van der Waals surface area (Å²) in [4.78, 5) is 17.9. The lowest BCUT2D eigenvalue weighted by atomic mass is 10.0. The minimum absolute atomic E-state index is 0.373. The fraction of sp³-hybridized carbons (Fsp3) is 0.455. The molecule has 7 nitrogen and oxygen atoms in total. The number of anilines is 1. The fourth-order valence-electron chi connectivity index (χ4n) is 3.47. The quantitative estimate of drug-likeness (QED) is 0.675. The Morgan fingerprint density at radius 3 is 2.66 bits per heavy atom. The first kappa shape index (κ1) is 20.9. The lowest BCUT2D eigenvalue weighted by Crippen LogP contribution is -2.38. The molecule has 0 unspecified atom stereocenters. The van der Waals surface area contributed by atoms with Crippen LogP contribution in [0.2, 0.25) is 0 Å². The number of hydrogen-bond donors (Lipinski definition) is 2. The maximum atomic E-state index is 11.1. The average molecular weight is 399 g/mol. The number of likely N-dealkylation sites (tertiary alicyclic amines) is 1. The molecule has 1 amide bonds. The number of ether oxygens (including phenoxy) is 2. The number of piperidine rings is 1. The SMILES string of the molecule is CCCOc1cc(CN2CCC(Nc3ccc(C(N)=O)cn3)CC2)ccc1OC. The van der Waals surface area contributed by atoms with Crippen molar-refractivity contribution in [3.63, 3.8) is 0 Å². The Labute approximate surface area is 172 Å². The molecule has 1 aromatic carbocycles. The van der Waals surface area contributed by atoms with Gasteiger partial charge in [0.15, 0.2) is 11.5 Å². The summed E-state index contributed by atoms with van der Waals surface area (Å²) in [6, 6.07) is 10.1. The Bertz CT molecular complexity index is 802. The van der Waals surface area contributed by atoms with Crippen molar-refractivity contribution in [2.24, 2.45) is 5.73 Å². The summed E-state index contributed by atoms with van der Waals surface area (Å²) in [5.41, 5.74) is 6.91. The van der Waals surface area contributed by atoms with Gasteiger partial charge >= 0.3 is 0 Å². The van der Waals surface area contributed by atoms with Crippen molar-refractivity contribution < 1.29 is 14.3 Å². The van der Waals surface area contributed by atoms with Gasteiger partial charge in [-0.05, 0) is 49.1 Å². The van der Waals surface area contributed by atoms with E-state index < -0.39 is 5.91 Å². The van der Waals surface area contributed by atoms with Crippen molar-refractivity contribution in [3.05, 3.63) is 47.7 Å². The summed E-state index contributed by atoms with van der Waals surface area (Å²) < 4.78 is 11.2. The van der Waals surface area contributed by atoms with E-state index in [0.717, 1.165) is 56.2 Å². The first-order valence-electron chi connectivity index (χ1n) is 10.1. The number of nitrogens with two attached hydrogens (primary N) is 1. The Morgan fingerprint density at radius 2 is 2.03 bits per heavy atom. The zero-order chi connectivity index (χ0) is 20.6. The highest BCUT2D eigenvalue weighted by atomic mass is 16.5. The molecule has 0 radical (unpaired) electrons. The Hall–Kier alpha value is -2.80. The van der Waals surface area contributed by atoms with E-state index in [-0.39, 0.29) is 0 Å². The number of carbonyl (C=O) groups excluding carboxylic acids is 1. The standard InChI is InChI=1S/C22H30N4O3/c1-3-12-29-20-13-16(4-6-19(20)28-2)15-26-10-8-18(9-11-26)25-21-7-5-17(14-24-21)22(23)27/h4-7,13-14,18H,3,8-12,15H2,1-2H3,(H2,23,27)(H,24,25). The molecule has 0 aliphatic carbocycles. The summed E-state index contributed by atoms with van der Waals surface area (Å²) in [7, 11) is 1.67. The van der Waals surface area contributed by atoms with Crippen LogP contribution in [0.25, 0.3) is 0 Å². The second kappa shape index (κ2) is 10.1. The number of primary amides is 1. The molecule has 1 saturated heterocycles. The Balaban J connectivity index is 1.51. The fourth-order valence-corrected chi connectivity index (χ4v) is 3.47. The molecule has 0 saturated carbocycles. The number of hydrogen-bond acceptors (Lipinski definition) is 6. The van der Waals surface area contributed by atoms with E-state index in [9.17, 15) is 4.79 Å². The molecule has 0 atom stereocenters. The van der Waals surface area contributed by atoms with Crippen LogP contribution in [0, 0.1) is 0 Å². The molecule has 1 aromatic heterocycles. The van der Waals surface area contributed by atoms with Gasteiger partial charge in [0.2, 0.25) is 5.91 Å². The van der Waals surface area contributed by atoms with Gasteiger partial charge in [0.05, 0.1) is 19.3 Å². The van der Waals surface area contributed by atoms with E-state index in [4.69, 9.17) is 15.2 Å². The minimum atomic E-state index is -0.459. The molecule has 7 heteroatoms. The van der Waals surface area contributed by atoms with Gasteiger partial charge in [-0.25, -0.2) is 4.98 Å². The predicted molar refractivity (Wildman–Crippen MR) is 113 cm³/mol. The smallest absolute Gasteiger partial charge is 0.250 e. The lowest BCUT2D eigenvalue weighted by Gasteiger charge is -2.32. The molecule has 1 aliphatic heterocycles. The van der Waals surface area contributed by atoms with E-state index in [1.54, 1.807) is 13.2 Å². The third kappa shape index (κ3) is 5.84. The summed E-state index contributed by atoms with van der Waals surface area (Å²) in [5.74, 6) is 1.91. The molecule has 2 aromatic rings. The average Bonchev–Trinajstić information content (AvgIpc) is 2.74. The summed E-state index contributed by atoms with van der Waals surface area (Å²) in [5, 5.41) is 3.45. The maximum absolute atomic E-state index is 11.1. The van der Waals surface area contributed by atoms with Crippen LogP contribution in [-0.2, 0) is 6.54 Å². The highest BCUT2D eigenvalue weighted by Crippen LogP contribution is 2.29. The molecule has 0 spiro atoms. The molecule has 156 valence electrons. The third-order valence-corrected chi connectivity index (χ3v) is 5.08. The van der Waals surface area contributed by atoms with Gasteiger partial charge in [-0.3, -0.25) is 9.69 Å². The molecular weight excluding hydrogens is 368 g/mol. The van der Waals surface area contributed by atoms with Crippen molar-refractivity contribution in [1.29, 1.82) is 0 Å². The van der Waals surface area contributed by atoms with Gasteiger partial charge in [0.1, 0.15) is 5.82 Å². The van der Waals surface area contributed by atoms with Crippen LogP contribution in [0.1, 0.15) is 42.1 Å². The number of benzene rings is 1. The number of rotatable bonds is 9. The second-order valence-corrected chi connectivity index (χ2v) is 7.32. The van der Waals surface area contributed by atoms with Crippen molar-refractivity contribution in [2.45, 2.75) is 38.8 Å². The Kier molecular flexibility index (Phi) is 7.30. The van der Waals surface area contributed by atoms with E-state index in [2.05, 4.69) is 34.3 Å². The number of nitrogens with zero attached hydrogens (tertiary/aromatic N) is 2. The number of methoxy groups -OCH3 is 1. The molecule has 3 rings (SSSR count). The molecular formula is C22H30N4O3. The highest BCUT2D eigenvalue weighted by molar-refractivity contribution is 5.92. The van der Waals surface area contributed by atoms with Crippen LogP contribution in [0.5, 0.6) is 11.5 Å². The van der Waals surface area contributed by atoms with Crippen LogP contribution in [0.4, 0.5) is 5.82 Å². The minimum Gasteiger partial charge on any atom is -0.493 e. The lowest BCUT2D eigenvalue weighted by molar-refractivity contribution is 0.1000. The first-order valence-corrected chi connectivity index (χ1v) is 10.1. The van der Waals surface area contributed by atoms with Crippen LogP contribution >= 0.6 is 0 Å². The topological polar surface area (TPSA) is 89.7 Å². The van der Waals surface area contributed by atoms with E-state index in [1.165, 1.54) is 11.8 Å². The number of aromatic nitrogens is 1. The first-order chi connectivity index (χ1) is 14.1. The van der Waals surface area contributed by atoms with Gasteiger partial charge in [0.25, 0.3) is 0 Å². The van der Waals surface area contributed by atoms with E-state index in [0.29, 0.717) is 18.2 Å². The summed E-state index contributed by atoms with van der Waals surface area (Å²) in [6.45, 7) is 5.69. The highest BCUT2D eigenvalue weighted by Gasteiger charge is 2.20. The number of amides is 1. The second-order valence-electron chi connectivity index (χ2n) is 7.32. The number of nitrogens with one attached hydrogen (secondary N) is 1. The zero-order valence-corrected chi connectivity index (χ0v) is 17.2. The van der Waals surface area contributed by atoms with E-state index in [1.807, 2.05) is 12.1 Å². The van der Waals surface area contributed by atoms with Crippen molar-refractivity contribution in [1.82, 2.24) is 9.88 Å². The predicted octanol–water partition coefficient (Wildman–Crippen LogP) is 3.05. The van der Waals surface area contributed by atoms with Crippen molar-refractivity contribution >= 4 is 11.7 Å². The molecule has 1 fully saturated rings. The summed E-state index contributed by atoms with van der Waals surface area (Å²) >= 11 is 0. The van der Waals surface area contributed by atoms with Crippen molar-refractivity contribution in [2.75, 3.05) is 32.1 Å². The van der Waals surface area contributed by atoms with E-state index >= 15 is 0 Å². The summed E-state index contributed by atoms with van der Waals surface area (Å²) in [6.07, 6.45) is 4.55. The zero-order valence-electron chi connectivity index (χ0n) is 17.2. The third-order valence-electron chi connectivity index (χ3n) is 5.08. The van der Waals surface area contributed by atoms with Gasteiger partial charge in [-0.2, -0.15) is 0 Å². The largest absolute Gasteiger partial charge is 0.493 e. The van der Waals surface area contributed by atoms with Gasteiger partial charge < -0.3 is 20.5 Å². The maximum Gasteiger partial charge on any atom is 0.250 e. The van der Waals surface area contributed by atoms with Gasteiger partial charge in [-0.15, -0.1) is 0 Å². The van der Waals surface area contributed by atoms with Crippen LogP contribution in [0.3, 0.4) is 0 Å². The van der Waals surface area contributed by atoms with Crippen molar-refractivity contribution in [3.8, 4) is 11.5 Å². The normalized spacial score (nSPS) is 15.1. The Morgan fingerprint density at radius 1 is 1.24 bits per heavy atom. The number of pyridine rings is 1. The van der Waals surface area contributed by atoms with Gasteiger partial charge in [-0.1, -0.05) is 13.0 Å². The monoisotopic (exact) mass is 398 g/mol. The van der Waals surface area contributed by atoms with Gasteiger partial charge in [0, 0.05) is 31.9 Å².